The first-order valence-corrected chi connectivity index (χ1v) is 10.2. The maximum absolute atomic E-state index is 12.2. The first-order chi connectivity index (χ1) is 13.3. The minimum atomic E-state index is -1.31. The van der Waals surface area contributed by atoms with E-state index < -0.39 is 18.1 Å². The lowest BCUT2D eigenvalue weighted by Crippen LogP contribution is -2.50. The normalized spacial score (nSPS) is 14.1. The number of carbonyl (C=O) groups is 2. The van der Waals surface area contributed by atoms with Gasteiger partial charge in [0.15, 0.2) is 0 Å². The lowest BCUT2D eigenvalue weighted by Gasteiger charge is -2.24. The monoisotopic (exact) mass is 398 g/mol. The highest BCUT2D eigenvalue weighted by Crippen LogP contribution is 2.44. The van der Waals surface area contributed by atoms with Crippen LogP contribution in [0.1, 0.15) is 37.8 Å². The average Bonchev–Trinajstić information content (AvgIpc) is 2.96. The van der Waals surface area contributed by atoms with Gasteiger partial charge in [0.2, 0.25) is 0 Å². The van der Waals surface area contributed by atoms with Crippen molar-refractivity contribution in [1.29, 1.82) is 0 Å². The molecule has 6 heteroatoms. The second-order valence-corrected chi connectivity index (χ2v) is 9.61. The number of carbonyl (C=O) groups excluding carboxylic acids is 2. The van der Waals surface area contributed by atoms with Crippen LogP contribution in [0.3, 0.4) is 0 Å². The zero-order valence-electron chi connectivity index (χ0n) is 16.2. The van der Waals surface area contributed by atoms with Crippen molar-refractivity contribution in [3.8, 4) is 11.1 Å². The largest absolute Gasteiger partial charge is 0.548 e. The molecule has 1 atom stereocenters. The number of hydrogen-bond donors (Lipinski definition) is 1. The van der Waals surface area contributed by atoms with Gasteiger partial charge in [0.1, 0.15) is 6.61 Å². The van der Waals surface area contributed by atoms with Gasteiger partial charge in [-0.3, -0.25) is 0 Å². The molecule has 0 fully saturated rings. The number of rotatable bonds is 6. The molecule has 0 unspecified atom stereocenters. The molecule has 2 aromatic rings. The number of hydrogen-bond acceptors (Lipinski definition) is 5. The van der Waals surface area contributed by atoms with E-state index in [2.05, 4.69) is 17.4 Å². The molecular formula is C22H24NO4S-. The van der Waals surface area contributed by atoms with E-state index in [0.717, 1.165) is 22.3 Å². The number of ether oxygens (including phenoxy) is 1. The third-order valence-corrected chi connectivity index (χ3v) is 5.97. The number of alkyl carbamates (subject to hydrolysis) is 1. The molecule has 2 aromatic carbocycles. The highest BCUT2D eigenvalue weighted by atomic mass is 32.2. The summed E-state index contributed by atoms with van der Waals surface area (Å²) in [7, 11) is 0. The first-order valence-electron chi connectivity index (χ1n) is 9.22. The quantitative estimate of drug-likeness (QED) is 0.809. The van der Waals surface area contributed by atoms with E-state index in [0.29, 0.717) is 0 Å². The van der Waals surface area contributed by atoms with Crippen LogP contribution in [0.2, 0.25) is 0 Å². The van der Waals surface area contributed by atoms with E-state index in [-0.39, 0.29) is 23.0 Å². The number of aliphatic carboxylic acids is 1. The Morgan fingerprint density at radius 1 is 1.07 bits per heavy atom. The minimum absolute atomic E-state index is 0.0662. The molecule has 0 saturated carbocycles. The number of fused-ring (bicyclic) bond motifs is 3. The zero-order valence-corrected chi connectivity index (χ0v) is 17.0. The standard InChI is InChI=1S/C22H25NO4S/c1-22(2,3)28-13-19(20(24)25)23-21(26)27-12-18-16-10-6-4-8-14(16)15-9-5-7-11-17(15)18/h4-11,18-19H,12-13H2,1-3H3,(H,23,26)(H,24,25)/p-1/t19-/m0/s1. The molecule has 1 amide bonds. The van der Waals surface area contributed by atoms with Gasteiger partial charge in [-0.15, -0.1) is 0 Å². The molecule has 1 aliphatic rings. The second-order valence-electron chi connectivity index (χ2n) is 7.76. The fraction of sp³-hybridized carbons (Fsp3) is 0.364. The molecule has 0 radical (unpaired) electrons. The van der Waals surface area contributed by atoms with E-state index in [4.69, 9.17) is 4.74 Å². The summed E-state index contributed by atoms with van der Waals surface area (Å²) in [5.74, 6) is -1.16. The Morgan fingerprint density at radius 2 is 1.61 bits per heavy atom. The van der Waals surface area contributed by atoms with Crippen molar-refractivity contribution in [2.45, 2.75) is 37.5 Å². The molecule has 148 valence electrons. The summed E-state index contributed by atoms with van der Waals surface area (Å²) in [5.41, 5.74) is 4.50. The smallest absolute Gasteiger partial charge is 0.407 e. The SMILES string of the molecule is CC(C)(C)SC[C@H](NC(=O)OCC1c2ccccc2-c2ccccc21)C(=O)[O-]. The molecule has 0 spiro atoms. The van der Waals surface area contributed by atoms with Crippen molar-refractivity contribution in [3.63, 3.8) is 0 Å². The highest BCUT2D eigenvalue weighted by molar-refractivity contribution is 8.00. The van der Waals surface area contributed by atoms with Gasteiger partial charge in [0.05, 0.1) is 12.0 Å². The molecule has 1 aliphatic carbocycles. The molecule has 5 nitrogen and oxygen atoms in total. The van der Waals surface area contributed by atoms with Gasteiger partial charge in [0, 0.05) is 16.4 Å². The van der Waals surface area contributed by atoms with Gasteiger partial charge in [-0.1, -0.05) is 69.3 Å². The van der Waals surface area contributed by atoms with Crippen LogP contribution in [0.4, 0.5) is 4.79 Å². The molecule has 0 aromatic heterocycles. The molecule has 0 aliphatic heterocycles. The van der Waals surface area contributed by atoms with E-state index in [1.165, 1.54) is 11.8 Å². The Labute approximate surface area is 169 Å². The summed E-state index contributed by atoms with van der Waals surface area (Å²) in [5, 5.41) is 13.8. The van der Waals surface area contributed by atoms with Crippen LogP contribution in [-0.4, -0.2) is 35.2 Å². The first kappa shape index (κ1) is 20.3. The highest BCUT2D eigenvalue weighted by Gasteiger charge is 2.29. The predicted molar refractivity (Wildman–Crippen MR) is 109 cm³/mol. The van der Waals surface area contributed by atoms with Crippen LogP contribution in [0, 0.1) is 0 Å². The van der Waals surface area contributed by atoms with Crippen molar-refractivity contribution in [2.75, 3.05) is 12.4 Å². The molecule has 0 saturated heterocycles. The van der Waals surface area contributed by atoms with Crippen molar-refractivity contribution in [2.24, 2.45) is 0 Å². The summed E-state index contributed by atoms with van der Waals surface area (Å²) in [6.45, 7) is 6.10. The molecule has 28 heavy (non-hydrogen) atoms. The van der Waals surface area contributed by atoms with Crippen molar-refractivity contribution >= 4 is 23.8 Å². The third-order valence-electron chi connectivity index (χ3n) is 4.60. The Balaban J connectivity index is 1.65. The predicted octanol–water partition coefficient (Wildman–Crippen LogP) is 3.18. The van der Waals surface area contributed by atoms with Crippen LogP contribution in [0.15, 0.2) is 48.5 Å². The molecule has 1 N–H and O–H groups in total. The van der Waals surface area contributed by atoms with Crippen molar-refractivity contribution in [3.05, 3.63) is 59.7 Å². The van der Waals surface area contributed by atoms with Crippen molar-refractivity contribution < 1.29 is 19.4 Å². The Bertz CT molecular complexity index is 829. The summed E-state index contributed by atoms with van der Waals surface area (Å²) < 4.78 is 5.29. The Morgan fingerprint density at radius 3 is 2.11 bits per heavy atom. The number of benzene rings is 2. The van der Waals surface area contributed by atoms with Gasteiger partial charge < -0.3 is 20.0 Å². The summed E-state index contributed by atoms with van der Waals surface area (Å²) >= 11 is 1.45. The van der Waals surface area contributed by atoms with E-state index in [1.54, 1.807) is 0 Å². The van der Waals surface area contributed by atoms with E-state index in [9.17, 15) is 14.7 Å². The van der Waals surface area contributed by atoms with Gasteiger partial charge in [-0.05, 0) is 22.3 Å². The molecular weight excluding hydrogens is 374 g/mol. The maximum atomic E-state index is 12.2. The maximum Gasteiger partial charge on any atom is 0.407 e. The van der Waals surface area contributed by atoms with Gasteiger partial charge in [-0.2, -0.15) is 11.8 Å². The lowest BCUT2D eigenvalue weighted by atomic mass is 9.98. The minimum Gasteiger partial charge on any atom is -0.548 e. The van der Waals surface area contributed by atoms with Gasteiger partial charge in [0.25, 0.3) is 0 Å². The number of nitrogens with one attached hydrogen (secondary N) is 1. The van der Waals surface area contributed by atoms with Gasteiger partial charge >= 0.3 is 6.09 Å². The molecule has 0 bridgehead atoms. The second kappa shape index (κ2) is 8.27. The van der Waals surface area contributed by atoms with Crippen LogP contribution in [0.25, 0.3) is 11.1 Å². The fourth-order valence-electron chi connectivity index (χ4n) is 3.28. The van der Waals surface area contributed by atoms with E-state index >= 15 is 0 Å². The zero-order chi connectivity index (χ0) is 20.3. The summed E-state index contributed by atoms with van der Waals surface area (Å²) in [6.07, 6.45) is -0.745. The van der Waals surface area contributed by atoms with E-state index in [1.807, 2.05) is 57.2 Å². The van der Waals surface area contributed by atoms with Crippen LogP contribution < -0.4 is 10.4 Å². The summed E-state index contributed by atoms with van der Waals surface area (Å²) in [6, 6.07) is 15.0. The number of thioether (sulfide) groups is 1. The Kier molecular flexibility index (Phi) is 5.98. The summed E-state index contributed by atoms with van der Waals surface area (Å²) in [4.78, 5) is 23.6. The lowest BCUT2D eigenvalue weighted by molar-refractivity contribution is -0.307. The number of carboxylic acids is 1. The molecule has 3 rings (SSSR count). The topological polar surface area (TPSA) is 78.5 Å². The third kappa shape index (κ3) is 4.68. The van der Waals surface area contributed by atoms with Crippen LogP contribution in [-0.2, 0) is 9.53 Å². The number of carboxylic acid groups (broad SMARTS) is 1. The molecule has 0 heterocycles. The average molecular weight is 399 g/mol. The number of amides is 1. The van der Waals surface area contributed by atoms with Gasteiger partial charge in [-0.25, -0.2) is 4.79 Å². The Hall–Kier alpha value is -2.47. The van der Waals surface area contributed by atoms with Crippen LogP contribution >= 0.6 is 11.8 Å². The fourth-order valence-corrected chi connectivity index (χ4v) is 4.17. The van der Waals surface area contributed by atoms with Crippen LogP contribution in [0.5, 0.6) is 0 Å². The van der Waals surface area contributed by atoms with Crippen molar-refractivity contribution in [1.82, 2.24) is 5.32 Å².